The smallest absolute Gasteiger partial charge is 0.276 e. The van der Waals surface area contributed by atoms with Gasteiger partial charge in [0.1, 0.15) is 5.69 Å². The summed E-state index contributed by atoms with van der Waals surface area (Å²) in [5.41, 5.74) is 2.74. The molecule has 94 valence electrons. The predicted octanol–water partition coefficient (Wildman–Crippen LogP) is 1.98. The minimum atomic E-state index is -0.322. The fraction of sp³-hybridized carbons (Fsp3) is 0.250. The zero-order valence-electron chi connectivity index (χ0n) is 10.4. The van der Waals surface area contributed by atoms with E-state index >= 15 is 0 Å². The molecule has 0 aromatic carbocycles. The van der Waals surface area contributed by atoms with Gasteiger partial charge in [0.05, 0.1) is 17.6 Å². The third kappa shape index (κ3) is 2.32. The highest BCUT2D eigenvalue weighted by atomic mass is 16.5. The maximum absolute atomic E-state index is 11.9. The van der Waals surface area contributed by atoms with Crippen LogP contribution in [0.1, 0.15) is 21.7 Å². The first kappa shape index (κ1) is 12.1. The number of carbonyl (C=O) groups excluding carboxylic acids is 1. The van der Waals surface area contributed by atoms with Crippen LogP contribution in [0.2, 0.25) is 0 Å². The number of carbonyl (C=O) groups is 1. The van der Waals surface area contributed by atoms with Crippen molar-refractivity contribution in [1.82, 2.24) is 10.1 Å². The van der Waals surface area contributed by atoms with Crippen molar-refractivity contribution in [3.05, 3.63) is 35.3 Å². The Balaban J connectivity index is 2.14. The van der Waals surface area contributed by atoms with E-state index in [1.807, 2.05) is 13.8 Å². The average molecular weight is 246 g/mol. The van der Waals surface area contributed by atoms with Crippen molar-refractivity contribution in [2.24, 2.45) is 0 Å². The molecule has 2 rings (SSSR count). The number of amides is 1. The molecule has 1 amide bonds. The van der Waals surface area contributed by atoms with Crippen LogP contribution >= 0.6 is 0 Å². The number of aryl methyl sites for hydroxylation is 1. The highest BCUT2D eigenvalue weighted by Gasteiger charge is 2.13. The molecule has 0 spiro atoms. The van der Waals surface area contributed by atoms with Gasteiger partial charge in [-0.2, -0.15) is 0 Å². The van der Waals surface area contributed by atoms with Crippen LogP contribution in [0.25, 0.3) is 0 Å². The summed E-state index contributed by atoms with van der Waals surface area (Å²) in [6.07, 6.45) is 1.59. The second-order valence-corrected chi connectivity index (χ2v) is 3.86. The number of nitrogens with one attached hydrogen (secondary N) is 2. The van der Waals surface area contributed by atoms with Gasteiger partial charge in [-0.05, 0) is 26.0 Å². The lowest BCUT2D eigenvalue weighted by atomic mass is 10.2. The molecule has 0 aliphatic rings. The Morgan fingerprint density at radius 3 is 2.61 bits per heavy atom. The first-order valence-electron chi connectivity index (χ1n) is 5.50. The van der Waals surface area contributed by atoms with Crippen molar-refractivity contribution in [2.75, 3.05) is 17.7 Å². The summed E-state index contributed by atoms with van der Waals surface area (Å²) in [4.78, 5) is 15.9. The largest absolute Gasteiger partial charge is 0.387 e. The number of aromatic nitrogens is 2. The van der Waals surface area contributed by atoms with E-state index in [0.717, 1.165) is 16.9 Å². The van der Waals surface area contributed by atoms with Crippen LogP contribution in [0.5, 0.6) is 0 Å². The highest BCUT2D eigenvalue weighted by Crippen LogP contribution is 2.18. The molecule has 2 N–H and O–H groups in total. The number of rotatable bonds is 3. The maximum Gasteiger partial charge on any atom is 0.276 e. The summed E-state index contributed by atoms with van der Waals surface area (Å²) in [6, 6.07) is 3.42. The molecule has 0 radical (unpaired) electrons. The van der Waals surface area contributed by atoms with Crippen molar-refractivity contribution in [2.45, 2.75) is 13.8 Å². The average Bonchev–Trinajstić information content (AvgIpc) is 2.71. The van der Waals surface area contributed by atoms with Crippen molar-refractivity contribution < 1.29 is 9.32 Å². The summed E-state index contributed by atoms with van der Waals surface area (Å²) in [6.45, 7) is 3.65. The van der Waals surface area contributed by atoms with Crippen molar-refractivity contribution >= 4 is 17.5 Å². The third-order valence-electron chi connectivity index (χ3n) is 2.67. The lowest BCUT2D eigenvalue weighted by Gasteiger charge is -2.03. The van der Waals surface area contributed by atoms with Crippen LogP contribution < -0.4 is 10.6 Å². The second-order valence-electron chi connectivity index (χ2n) is 3.86. The molecule has 0 aliphatic carbocycles. The highest BCUT2D eigenvalue weighted by molar-refractivity contribution is 6.02. The third-order valence-corrected chi connectivity index (χ3v) is 2.67. The fourth-order valence-corrected chi connectivity index (χ4v) is 1.38. The van der Waals surface area contributed by atoms with Crippen LogP contribution in [0.15, 0.2) is 22.9 Å². The van der Waals surface area contributed by atoms with Gasteiger partial charge in [-0.1, -0.05) is 5.16 Å². The lowest BCUT2D eigenvalue weighted by molar-refractivity contribution is 0.101. The van der Waals surface area contributed by atoms with Gasteiger partial charge in [0.15, 0.2) is 0 Å². The summed E-state index contributed by atoms with van der Waals surface area (Å²) in [7, 11) is 1.79. The predicted molar refractivity (Wildman–Crippen MR) is 67.7 cm³/mol. The molecule has 6 heteroatoms. The Bertz CT molecular complexity index is 560. The van der Waals surface area contributed by atoms with Crippen LogP contribution in [0, 0.1) is 13.8 Å². The molecular weight excluding hydrogens is 232 g/mol. The van der Waals surface area contributed by atoms with E-state index in [2.05, 4.69) is 20.8 Å². The van der Waals surface area contributed by atoms with E-state index in [0.29, 0.717) is 11.6 Å². The molecule has 0 bridgehead atoms. The van der Waals surface area contributed by atoms with E-state index in [9.17, 15) is 4.79 Å². The number of hydrogen-bond donors (Lipinski definition) is 2. The molecule has 2 heterocycles. The SMILES string of the molecule is CNc1ccc(C(=O)Nc2onc(C)c2C)nc1. The van der Waals surface area contributed by atoms with E-state index < -0.39 is 0 Å². The molecule has 2 aromatic heterocycles. The van der Waals surface area contributed by atoms with Gasteiger partial charge in [0.25, 0.3) is 5.91 Å². The zero-order chi connectivity index (χ0) is 13.1. The monoisotopic (exact) mass is 246 g/mol. The number of hydrogen-bond acceptors (Lipinski definition) is 5. The van der Waals surface area contributed by atoms with Gasteiger partial charge in [0, 0.05) is 12.6 Å². The number of anilines is 2. The number of pyridine rings is 1. The minimum absolute atomic E-state index is 0.322. The molecule has 6 nitrogen and oxygen atoms in total. The Hall–Kier alpha value is -2.37. The van der Waals surface area contributed by atoms with E-state index in [-0.39, 0.29) is 5.91 Å². The fourth-order valence-electron chi connectivity index (χ4n) is 1.38. The van der Waals surface area contributed by atoms with Crippen LogP contribution in [-0.4, -0.2) is 23.1 Å². The Labute approximate surface area is 104 Å². The summed E-state index contributed by atoms with van der Waals surface area (Å²) < 4.78 is 5.01. The first-order chi connectivity index (χ1) is 8.61. The molecule has 0 unspecified atom stereocenters. The maximum atomic E-state index is 11.9. The Morgan fingerprint density at radius 1 is 1.33 bits per heavy atom. The van der Waals surface area contributed by atoms with Gasteiger partial charge in [0.2, 0.25) is 5.88 Å². The van der Waals surface area contributed by atoms with E-state index in [1.165, 1.54) is 0 Å². The Kier molecular flexibility index (Phi) is 3.27. The molecule has 0 aliphatic heterocycles. The van der Waals surface area contributed by atoms with Crippen molar-refractivity contribution in [3.8, 4) is 0 Å². The second kappa shape index (κ2) is 4.87. The zero-order valence-corrected chi connectivity index (χ0v) is 10.4. The Morgan fingerprint density at radius 2 is 2.11 bits per heavy atom. The van der Waals surface area contributed by atoms with Crippen LogP contribution in [0.3, 0.4) is 0 Å². The minimum Gasteiger partial charge on any atom is -0.387 e. The summed E-state index contributed by atoms with van der Waals surface area (Å²) >= 11 is 0. The van der Waals surface area contributed by atoms with Gasteiger partial charge >= 0.3 is 0 Å². The topological polar surface area (TPSA) is 80.0 Å². The summed E-state index contributed by atoms with van der Waals surface area (Å²) in [5, 5.41) is 9.34. The van der Waals surface area contributed by atoms with Crippen molar-refractivity contribution in [1.29, 1.82) is 0 Å². The molecule has 0 atom stereocenters. The standard InChI is InChI=1S/C12H14N4O2/c1-7-8(2)16-18-12(7)15-11(17)10-5-4-9(13-3)6-14-10/h4-6,13H,1-3H3,(H,15,17). The number of nitrogens with zero attached hydrogens (tertiary/aromatic N) is 2. The molecule has 0 saturated carbocycles. The molecule has 2 aromatic rings. The van der Waals surface area contributed by atoms with Gasteiger partial charge in [-0.3, -0.25) is 10.1 Å². The van der Waals surface area contributed by atoms with Gasteiger partial charge in [-0.15, -0.1) is 0 Å². The van der Waals surface area contributed by atoms with E-state index in [4.69, 9.17) is 4.52 Å². The molecular formula is C12H14N4O2. The molecule has 0 fully saturated rings. The van der Waals surface area contributed by atoms with Gasteiger partial charge in [-0.25, -0.2) is 4.98 Å². The van der Waals surface area contributed by atoms with Crippen molar-refractivity contribution in [3.63, 3.8) is 0 Å². The lowest BCUT2D eigenvalue weighted by Crippen LogP contribution is -2.13. The summed E-state index contributed by atoms with van der Waals surface area (Å²) in [5.74, 6) is 0.0360. The van der Waals surface area contributed by atoms with Crippen LogP contribution in [0.4, 0.5) is 11.6 Å². The van der Waals surface area contributed by atoms with Crippen LogP contribution in [-0.2, 0) is 0 Å². The normalized spacial score (nSPS) is 10.2. The quantitative estimate of drug-likeness (QED) is 0.865. The molecule has 0 saturated heterocycles. The molecule has 18 heavy (non-hydrogen) atoms. The van der Waals surface area contributed by atoms with Gasteiger partial charge < -0.3 is 9.84 Å². The first-order valence-corrected chi connectivity index (χ1v) is 5.50. The van der Waals surface area contributed by atoms with E-state index in [1.54, 1.807) is 25.4 Å².